The summed E-state index contributed by atoms with van der Waals surface area (Å²) in [6, 6.07) is 7.37. The van der Waals surface area contributed by atoms with Crippen LogP contribution in [0.1, 0.15) is 32.1 Å². The molecule has 0 atom stereocenters. The van der Waals surface area contributed by atoms with Gasteiger partial charge in [-0.05, 0) is 37.1 Å². The van der Waals surface area contributed by atoms with E-state index in [-0.39, 0.29) is 11.8 Å². The maximum Gasteiger partial charge on any atom is 0.247 e. The Bertz CT molecular complexity index is 563. The summed E-state index contributed by atoms with van der Waals surface area (Å²) >= 11 is 3.36. The van der Waals surface area contributed by atoms with Crippen molar-refractivity contribution in [3.05, 3.63) is 28.7 Å². The van der Waals surface area contributed by atoms with Gasteiger partial charge in [0.2, 0.25) is 11.8 Å². The highest BCUT2D eigenvalue weighted by atomic mass is 79.9. The first-order valence-corrected chi connectivity index (χ1v) is 7.75. The van der Waals surface area contributed by atoms with Gasteiger partial charge < -0.3 is 0 Å². The fourth-order valence-electron chi connectivity index (χ4n) is 2.28. The van der Waals surface area contributed by atoms with Crippen molar-refractivity contribution in [2.75, 3.05) is 11.6 Å². The number of hydrogen-bond acceptors (Lipinski definition) is 2. The van der Waals surface area contributed by atoms with Crippen molar-refractivity contribution in [2.24, 2.45) is 0 Å². The van der Waals surface area contributed by atoms with E-state index in [9.17, 15) is 9.59 Å². The number of unbranched alkanes of at least 4 members (excludes halogenated alkanes) is 2. The highest BCUT2D eigenvalue weighted by Gasteiger charge is 2.33. The molecule has 1 aliphatic rings. The van der Waals surface area contributed by atoms with Crippen molar-refractivity contribution >= 4 is 33.4 Å². The molecule has 21 heavy (non-hydrogen) atoms. The van der Waals surface area contributed by atoms with Crippen LogP contribution in [0.3, 0.4) is 0 Å². The largest absolute Gasteiger partial charge is 0.273 e. The molecular formula is C16H17BrN2O2. The minimum Gasteiger partial charge on any atom is -0.273 e. The Kier molecular flexibility index (Phi) is 5.40. The van der Waals surface area contributed by atoms with Crippen LogP contribution in [0.2, 0.25) is 0 Å². The molecule has 0 saturated carbocycles. The summed E-state index contributed by atoms with van der Waals surface area (Å²) in [6.07, 6.45) is 8.25. The summed E-state index contributed by atoms with van der Waals surface area (Å²) in [5, 5.41) is 3.03. The fourth-order valence-corrected chi connectivity index (χ4v) is 2.54. The monoisotopic (exact) mass is 348 g/mol. The molecule has 1 saturated heterocycles. The van der Waals surface area contributed by atoms with Gasteiger partial charge in [-0.25, -0.2) is 10.0 Å². The first kappa shape index (κ1) is 15.6. The Labute approximate surface area is 133 Å². The molecule has 0 N–H and O–H groups in total. The van der Waals surface area contributed by atoms with Crippen molar-refractivity contribution in [1.29, 1.82) is 0 Å². The number of hydrogen-bond donors (Lipinski definition) is 0. The number of carbonyl (C=O) groups is 2. The van der Waals surface area contributed by atoms with Crippen LogP contribution in [-0.2, 0) is 9.59 Å². The van der Waals surface area contributed by atoms with Gasteiger partial charge in [-0.15, -0.1) is 12.3 Å². The number of hydrazine groups is 1. The molecular weight excluding hydrogens is 332 g/mol. The molecule has 0 spiro atoms. The smallest absolute Gasteiger partial charge is 0.247 e. The normalized spacial score (nSPS) is 14.4. The number of amides is 2. The Hall–Kier alpha value is -1.80. The van der Waals surface area contributed by atoms with Crippen molar-refractivity contribution in [3.8, 4) is 12.3 Å². The topological polar surface area (TPSA) is 40.6 Å². The van der Waals surface area contributed by atoms with Crippen molar-refractivity contribution in [2.45, 2.75) is 32.1 Å². The molecule has 1 fully saturated rings. The number of benzene rings is 1. The van der Waals surface area contributed by atoms with Crippen LogP contribution in [0.5, 0.6) is 0 Å². The van der Waals surface area contributed by atoms with E-state index in [1.165, 1.54) is 5.01 Å². The maximum atomic E-state index is 12.3. The Morgan fingerprint density at radius 3 is 2.67 bits per heavy atom. The van der Waals surface area contributed by atoms with Crippen LogP contribution in [0, 0.1) is 12.3 Å². The lowest BCUT2D eigenvalue weighted by molar-refractivity contribution is -0.132. The predicted molar refractivity (Wildman–Crippen MR) is 85.3 cm³/mol. The third-order valence-corrected chi connectivity index (χ3v) is 3.86. The molecule has 2 amide bonds. The molecule has 5 heteroatoms. The van der Waals surface area contributed by atoms with Crippen LogP contribution in [0.15, 0.2) is 28.7 Å². The summed E-state index contributed by atoms with van der Waals surface area (Å²) in [5.41, 5.74) is 0.720. The molecule has 1 heterocycles. The minimum absolute atomic E-state index is 0.0270. The van der Waals surface area contributed by atoms with Crippen LogP contribution in [-0.4, -0.2) is 23.4 Å². The lowest BCUT2D eigenvalue weighted by Crippen LogP contribution is -2.43. The third kappa shape index (κ3) is 3.85. The molecule has 2 rings (SSSR count). The average Bonchev–Trinajstić information content (AvgIpc) is 2.86. The standard InChI is InChI=1S/C16H17BrN2O2/c1-2-3-4-5-6-15(20)18-12-11-16(21)19(18)14-9-7-13(17)8-10-14/h1,7-10H,3-6,11-12H2. The minimum atomic E-state index is -0.0469. The third-order valence-electron chi connectivity index (χ3n) is 3.34. The number of rotatable bonds is 5. The summed E-state index contributed by atoms with van der Waals surface area (Å²) < 4.78 is 0.935. The molecule has 1 aromatic carbocycles. The van der Waals surface area contributed by atoms with E-state index in [0.717, 1.165) is 23.0 Å². The van der Waals surface area contributed by atoms with Gasteiger partial charge in [-0.1, -0.05) is 15.9 Å². The van der Waals surface area contributed by atoms with Gasteiger partial charge in [-0.3, -0.25) is 9.59 Å². The fraction of sp³-hybridized carbons (Fsp3) is 0.375. The lowest BCUT2D eigenvalue weighted by Gasteiger charge is -2.28. The van der Waals surface area contributed by atoms with Gasteiger partial charge in [0.05, 0.1) is 12.2 Å². The van der Waals surface area contributed by atoms with E-state index in [1.807, 2.05) is 24.3 Å². The second-order valence-corrected chi connectivity index (χ2v) is 5.78. The van der Waals surface area contributed by atoms with E-state index < -0.39 is 0 Å². The summed E-state index contributed by atoms with van der Waals surface area (Å²) in [7, 11) is 0. The van der Waals surface area contributed by atoms with Gasteiger partial charge in [-0.2, -0.15) is 0 Å². The van der Waals surface area contributed by atoms with E-state index >= 15 is 0 Å². The maximum absolute atomic E-state index is 12.3. The molecule has 1 aromatic rings. The van der Waals surface area contributed by atoms with E-state index in [1.54, 1.807) is 5.01 Å². The van der Waals surface area contributed by atoms with Crippen molar-refractivity contribution < 1.29 is 9.59 Å². The molecule has 110 valence electrons. The number of carbonyl (C=O) groups excluding carboxylic acids is 2. The molecule has 1 aliphatic heterocycles. The van der Waals surface area contributed by atoms with Crippen molar-refractivity contribution in [1.82, 2.24) is 5.01 Å². The van der Waals surface area contributed by atoms with E-state index in [0.29, 0.717) is 25.8 Å². The second-order valence-electron chi connectivity index (χ2n) is 4.86. The Morgan fingerprint density at radius 1 is 1.29 bits per heavy atom. The Balaban J connectivity index is 2.04. The number of terminal acetylenes is 1. The van der Waals surface area contributed by atoms with E-state index in [2.05, 4.69) is 21.9 Å². The van der Waals surface area contributed by atoms with Crippen LogP contribution < -0.4 is 5.01 Å². The molecule has 0 aromatic heterocycles. The number of nitrogens with zero attached hydrogens (tertiary/aromatic N) is 2. The molecule has 4 nitrogen and oxygen atoms in total. The molecule has 0 unspecified atom stereocenters. The summed E-state index contributed by atoms with van der Waals surface area (Å²) in [4.78, 5) is 24.3. The molecule has 0 aliphatic carbocycles. The number of halogens is 1. The molecule has 0 radical (unpaired) electrons. The highest BCUT2D eigenvalue weighted by Crippen LogP contribution is 2.25. The summed E-state index contributed by atoms with van der Waals surface area (Å²) in [6.45, 7) is 0.447. The van der Waals surface area contributed by atoms with Crippen LogP contribution >= 0.6 is 15.9 Å². The first-order chi connectivity index (χ1) is 10.1. The quantitative estimate of drug-likeness (QED) is 0.605. The molecule has 0 bridgehead atoms. The van der Waals surface area contributed by atoms with Gasteiger partial charge in [0.1, 0.15) is 0 Å². The average molecular weight is 349 g/mol. The Morgan fingerprint density at radius 2 is 2.00 bits per heavy atom. The van der Waals surface area contributed by atoms with Crippen LogP contribution in [0.4, 0.5) is 5.69 Å². The van der Waals surface area contributed by atoms with Gasteiger partial charge >= 0.3 is 0 Å². The van der Waals surface area contributed by atoms with Crippen LogP contribution in [0.25, 0.3) is 0 Å². The zero-order chi connectivity index (χ0) is 15.2. The lowest BCUT2D eigenvalue weighted by atomic mass is 10.2. The zero-order valence-electron chi connectivity index (χ0n) is 11.7. The van der Waals surface area contributed by atoms with E-state index in [4.69, 9.17) is 6.42 Å². The van der Waals surface area contributed by atoms with Crippen molar-refractivity contribution in [3.63, 3.8) is 0 Å². The first-order valence-electron chi connectivity index (χ1n) is 6.95. The van der Waals surface area contributed by atoms with Gasteiger partial charge in [0, 0.05) is 23.7 Å². The summed E-state index contributed by atoms with van der Waals surface area (Å²) in [5.74, 6) is 2.49. The number of anilines is 1. The predicted octanol–water partition coefficient (Wildman–Crippen LogP) is 3.12. The highest BCUT2D eigenvalue weighted by molar-refractivity contribution is 9.10. The van der Waals surface area contributed by atoms with Gasteiger partial charge in [0.15, 0.2) is 0 Å². The van der Waals surface area contributed by atoms with Gasteiger partial charge in [0.25, 0.3) is 0 Å². The zero-order valence-corrected chi connectivity index (χ0v) is 13.3. The SMILES string of the molecule is C#CCCCCC(=O)N1CCC(=O)N1c1ccc(Br)cc1. The second kappa shape index (κ2) is 7.28.